The van der Waals surface area contributed by atoms with Crippen LogP contribution in [-0.2, 0) is 57.6 Å². The quantitative estimate of drug-likeness (QED) is 0.0147. The third-order valence-corrected chi connectivity index (χ3v) is 13.2. The van der Waals surface area contributed by atoms with Gasteiger partial charge in [0.2, 0.25) is 41.4 Å². The Labute approximate surface area is 458 Å². The first-order valence-electron chi connectivity index (χ1n) is 26.1. The lowest BCUT2D eigenvalue weighted by Crippen LogP contribution is -2.61. The minimum absolute atomic E-state index is 0.0517. The Morgan fingerprint density at radius 1 is 0.696 bits per heavy atom. The summed E-state index contributed by atoms with van der Waals surface area (Å²) in [6, 6.07) is 12.1. The summed E-state index contributed by atoms with van der Waals surface area (Å²) in [5.41, 5.74) is 13.3. The van der Waals surface area contributed by atoms with Crippen LogP contribution in [-0.4, -0.2) is 153 Å². The zero-order chi connectivity index (χ0) is 57.8. The number of carbonyl (C=O) groups is 9. The van der Waals surface area contributed by atoms with E-state index in [1.165, 1.54) is 29.6 Å². The van der Waals surface area contributed by atoms with Crippen molar-refractivity contribution in [1.82, 2.24) is 52.1 Å². The summed E-state index contributed by atoms with van der Waals surface area (Å²) in [7, 11) is 1.56. The first-order chi connectivity index (χ1) is 37.6. The first-order valence-corrected chi connectivity index (χ1v) is 26.1. The van der Waals surface area contributed by atoms with Crippen molar-refractivity contribution >= 4 is 59.1 Å². The van der Waals surface area contributed by atoms with Crippen LogP contribution in [0.4, 0.5) is 0 Å². The van der Waals surface area contributed by atoms with Gasteiger partial charge in [-0.3, -0.25) is 43.3 Å². The number of phenols is 1. The molecule has 4 aromatic rings. The molecule has 0 saturated carbocycles. The van der Waals surface area contributed by atoms with E-state index in [1.54, 1.807) is 101 Å². The number of amides is 7. The maximum Gasteiger partial charge on any atom is 0.326 e. The van der Waals surface area contributed by atoms with E-state index < -0.39 is 101 Å². The Bertz CT molecular complexity index is 2750. The predicted octanol–water partition coefficient (Wildman–Crippen LogP) is -0.0564. The molecule has 424 valence electrons. The minimum atomic E-state index is -1.40. The number of likely N-dealkylation sites (N-methyl/N-ethyl adjacent to an activating group) is 1. The molecule has 1 fully saturated rings. The second-order valence-corrected chi connectivity index (χ2v) is 20.0. The van der Waals surface area contributed by atoms with Gasteiger partial charge < -0.3 is 68.8 Å². The number of H-pyrrole nitrogens is 1. The van der Waals surface area contributed by atoms with E-state index in [0.29, 0.717) is 40.8 Å². The molecule has 1 saturated heterocycles. The molecule has 7 amide bonds. The highest BCUT2D eigenvalue weighted by molar-refractivity contribution is 6.09. The molecule has 5 rings (SSSR count). The summed E-state index contributed by atoms with van der Waals surface area (Å²) in [6.45, 7) is 6.86. The SMILES string of the molecule is CNCC(=O)N[C@@H](CCCN=C(N)N)C(=O)N[C@H](C(=O)N[C@@H](Cc1ccc(O)cc1)C(=O)N[C@H](C(=O)N[C@@H](Cc1cnc[nH]1)C(=O)N1CCC[C@H]1C(=O)N[C@@H](Cc1ccc(C(=O)c2ccccc2)cc1)C(=O)O)C(C)C)C(C)C. The molecule has 0 spiro atoms. The van der Waals surface area contributed by atoms with Crippen LogP contribution >= 0.6 is 0 Å². The minimum Gasteiger partial charge on any atom is -0.508 e. The fourth-order valence-electron chi connectivity index (χ4n) is 8.93. The zero-order valence-corrected chi connectivity index (χ0v) is 45.0. The molecular weight excluding hydrogens is 1020 g/mol. The summed E-state index contributed by atoms with van der Waals surface area (Å²) in [5.74, 6) is -7.76. The number of aliphatic imine (C=N–C) groups is 1. The summed E-state index contributed by atoms with van der Waals surface area (Å²) in [5, 5.41) is 39.2. The van der Waals surface area contributed by atoms with E-state index in [9.17, 15) is 53.4 Å². The molecule has 0 aliphatic carbocycles. The van der Waals surface area contributed by atoms with Gasteiger partial charge in [0.25, 0.3) is 0 Å². The number of guanidine groups is 1. The number of aromatic amines is 1. The molecule has 79 heavy (non-hydrogen) atoms. The number of hydrogen-bond donors (Lipinski definition) is 12. The number of nitrogens with two attached hydrogens (primary N) is 2. The van der Waals surface area contributed by atoms with Crippen LogP contribution in [0.3, 0.4) is 0 Å². The summed E-state index contributed by atoms with van der Waals surface area (Å²) >= 11 is 0. The van der Waals surface area contributed by atoms with Gasteiger partial charge in [0, 0.05) is 55.4 Å². The molecule has 1 aliphatic heterocycles. The van der Waals surface area contributed by atoms with E-state index in [1.807, 2.05) is 0 Å². The highest BCUT2D eigenvalue weighted by Gasteiger charge is 2.41. The molecule has 0 radical (unpaired) electrons. The molecular formula is C55H73N13O11. The number of likely N-dealkylation sites (tertiary alicyclic amines) is 1. The van der Waals surface area contributed by atoms with Crippen LogP contribution in [0.2, 0.25) is 0 Å². The van der Waals surface area contributed by atoms with Crippen molar-refractivity contribution in [3.63, 3.8) is 0 Å². The number of benzene rings is 3. The lowest BCUT2D eigenvalue weighted by molar-refractivity contribution is -0.145. The largest absolute Gasteiger partial charge is 0.508 e. The third-order valence-electron chi connectivity index (χ3n) is 13.2. The van der Waals surface area contributed by atoms with E-state index in [0.717, 1.165) is 0 Å². The Morgan fingerprint density at radius 2 is 1.27 bits per heavy atom. The maximum atomic E-state index is 14.6. The highest BCUT2D eigenvalue weighted by atomic mass is 16.4. The van der Waals surface area contributed by atoms with Crippen molar-refractivity contribution in [2.75, 3.05) is 26.7 Å². The predicted molar refractivity (Wildman–Crippen MR) is 292 cm³/mol. The number of phenolic OH excluding ortho intramolecular Hbond substituents is 1. The molecule has 14 N–H and O–H groups in total. The van der Waals surface area contributed by atoms with E-state index in [-0.39, 0.29) is 69.2 Å². The molecule has 7 atom stereocenters. The number of ketones is 1. The standard InChI is InChI=1S/C55H73N13O11/c1-31(2)45(66-48(72)39(62-44(70)29-58-5)13-9-23-60-55(56)57)51(75)63-40(25-34-17-21-38(69)22-18-34)49(73)67-46(32(3)4)52(76)64-41(27-37-28-59-30-61-37)53(77)68-24-10-14-43(68)50(74)65-42(54(78)79)26-33-15-19-36(20-16-33)47(71)35-11-7-6-8-12-35/h6-8,11-12,15-22,28,30-32,39-43,45-46,58,69H,9-10,13-14,23-27,29H2,1-5H3,(H,59,61)(H,62,70)(H,63,75)(H,64,76)(H,65,74)(H,66,72)(H,67,73)(H,78,79)(H4,56,57,60)/t39-,40-,41-,42-,43-,45-,46-/m0/s1. The van der Waals surface area contributed by atoms with Gasteiger partial charge in [0.1, 0.15) is 48.0 Å². The van der Waals surface area contributed by atoms with Gasteiger partial charge in [0.15, 0.2) is 11.7 Å². The van der Waals surface area contributed by atoms with Crippen LogP contribution < -0.4 is 48.7 Å². The van der Waals surface area contributed by atoms with Crippen LogP contribution in [0.1, 0.15) is 86.1 Å². The number of nitrogens with one attached hydrogen (secondary N) is 8. The topological polar surface area (TPSA) is 375 Å². The highest BCUT2D eigenvalue weighted by Crippen LogP contribution is 2.22. The number of imidazole rings is 1. The Hall–Kier alpha value is -8.67. The molecule has 0 unspecified atom stereocenters. The number of carbonyl (C=O) groups excluding carboxylic acids is 8. The van der Waals surface area contributed by atoms with Gasteiger partial charge in [-0.2, -0.15) is 0 Å². The molecule has 2 heterocycles. The van der Waals surface area contributed by atoms with Crippen molar-refractivity contribution in [1.29, 1.82) is 0 Å². The fraction of sp³-hybridized carbons (Fsp3) is 0.436. The number of aromatic hydroxyl groups is 1. The fourth-order valence-corrected chi connectivity index (χ4v) is 8.93. The molecule has 3 aromatic carbocycles. The van der Waals surface area contributed by atoms with Crippen LogP contribution in [0, 0.1) is 11.8 Å². The number of carboxylic acid groups (broad SMARTS) is 1. The summed E-state index contributed by atoms with van der Waals surface area (Å²) in [4.78, 5) is 136. The van der Waals surface area contributed by atoms with Crippen molar-refractivity contribution in [2.45, 2.75) is 115 Å². The average Bonchev–Trinajstić information content (AvgIpc) is 4.15. The number of hydrogen-bond acceptors (Lipinski definition) is 13. The van der Waals surface area contributed by atoms with Gasteiger partial charge in [0.05, 0.1) is 12.9 Å². The lowest BCUT2D eigenvalue weighted by atomic mass is 9.98. The van der Waals surface area contributed by atoms with Gasteiger partial charge in [-0.05, 0) is 67.8 Å². The zero-order valence-electron chi connectivity index (χ0n) is 45.0. The Kier molecular flexibility index (Phi) is 23.0. The number of rotatable bonds is 29. The van der Waals surface area contributed by atoms with Gasteiger partial charge in [-0.15, -0.1) is 0 Å². The van der Waals surface area contributed by atoms with E-state index in [4.69, 9.17) is 11.5 Å². The molecule has 1 aliphatic rings. The van der Waals surface area contributed by atoms with Gasteiger partial charge in [-0.25, -0.2) is 9.78 Å². The van der Waals surface area contributed by atoms with E-state index in [2.05, 4.69) is 52.2 Å². The maximum absolute atomic E-state index is 14.6. The first kappa shape index (κ1) is 61.2. The van der Waals surface area contributed by atoms with Gasteiger partial charge >= 0.3 is 5.97 Å². The Balaban J connectivity index is 1.32. The van der Waals surface area contributed by atoms with Crippen molar-refractivity contribution in [3.05, 3.63) is 119 Å². The normalized spacial score (nSPS) is 15.3. The number of carboxylic acids is 1. The van der Waals surface area contributed by atoms with Crippen molar-refractivity contribution in [2.24, 2.45) is 28.3 Å². The van der Waals surface area contributed by atoms with Crippen molar-refractivity contribution in [3.8, 4) is 5.75 Å². The van der Waals surface area contributed by atoms with E-state index >= 15 is 0 Å². The molecule has 1 aromatic heterocycles. The lowest BCUT2D eigenvalue weighted by Gasteiger charge is -2.31. The summed E-state index contributed by atoms with van der Waals surface area (Å²) in [6.07, 6.45) is 3.46. The average molecular weight is 1090 g/mol. The van der Waals surface area contributed by atoms with Crippen LogP contribution in [0.15, 0.2) is 96.4 Å². The van der Waals surface area contributed by atoms with Crippen LogP contribution in [0.5, 0.6) is 5.75 Å². The molecule has 24 heteroatoms. The Morgan fingerprint density at radius 3 is 1.82 bits per heavy atom. The monoisotopic (exact) mass is 1090 g/mol. The smallest absolute Gasteiger partial charge is 0.326 e. The number of nitrogens with zero attached hydrogens (tertiary/aromatic N) is 3. The third kappa shape index (κ3) is 18.5. The van der Waals surface area contributed by atoms with Crippen molar-refractivity contribution < 1.29 is 53.4 Å². The number of aliphatic carboxylic acids is 1. The number of aromatic nitrogens is 2. The molecule has 24 nitrogen and oxygen atoms in total. The van der Waals surface area contributed by atoms with Crippen LogP contribution in [0.25, 0.3) is 0 Å². The molecule has 0 bridgehead atoms. The van der Waals surface area contributed by atoms with Gasteiger partial charge in [-0.1, -0.05) is 94.4 Å². The summed E-state index contributed by atoms with van der Waals surface area (Å²) < 4.78 is 0. The second-order valence-electron chi connectivity index (χ2n) is 20.0. The second kappa shape index (κ2) is 29.7.